The fourth-order valence-corrected chi connectivity index (χ4v) is 3.36. The number of rotatable bonds is 6. The average molecular weight is 414 g/mol. The molecule has 1 aromatic rings. The molecule has 1 fully saturated rings. The highest BCUT2D eigenvalue weighted by atomic mass is 35.5. The molecule has 1 unspecified atom stereocenters. The minimum absolute atomic E-state index is 0. The SMILES string of the molecule is CSCC[C@H](N)C(=O)N1CCCC(Oc2ccc(Cl)c(Cl)c2)C1.Cl. The lowest BCUT2D eigenvalue weighted by Gasteiger charge is -2.34. The van der Waals surface area contributed by atoms with Crippen LogP contribution in [0.15, 0.2) is 18.2 Å². The topological polar surface area (TPSA) is 55.6 Å². The number of likely N-dealkylation sites (tertiary alicyclic amines) is 1. The van der Waals surface area contributed by atoms with E-state index in [0.717, 1.165) is 25.1 Å². The molecule has 136 valence electrons. The van der Waals surface area contributed by atoms with Crippen molar-refractivity contribution in [2.75, 3.05) is 25.1 Å². The van der Waals surface area contributed by atoms with Crippen LogP contribution in [0.2, 0.25) is 10.0 Å². The van der Waals surface area contributed by atoms with Crippen LogP contribution in [0.3, 0.4) is 0 Å². The van der Waals surface area contributed by atoms with Gasteiger partial charge in [-0.05, 0) is 43.4 Å². The zero-order valence-electron chi connectivity index (χ0n) is 13.5. The second-order valence-electron chi connectivity index (χ2n) is 5.63. The highest BCUT2D eigenvalue weighted by Crippen LogP contribution is 2.28. The third-order valence-corrected chi connectivity index (χ3v) is 5.22. The first kappa shape index (κ1) is 21.7. The van der Waals surface area contributed by atoms with Crippen molar-refractivity contribution >= 4 is 53.3 Å². The van der Waals surface area contributed by atoms with Crippen molar-refractivity contribution in [1.82, 2.24) is 4.90 Å². The Balaban J connectivity index is 0.00000288. The molecule has 0 aromatic heterocycles. The molecule has 1 aliphatic rings. The zero-order chi connectivity index (χ0) is 16.8. The number of nitrogens with two attached hydrogens (primary N) is 1. The Labute approximate surface area is 163 Å². The first-order chi connectivity index (χ1) is 11.0. The van der Waals surface area contributed by atoms with Crippen molar-refractivity contribution in [1.29, 1.82) is 0 Å². The number of nitrogens with zero attached hydrogens (tertiary/aromatic N) is 1. The normalized spacial score (nSPS) is 18.7. The minimum Gasteiger partial charge on any atom is -0.489 e. The van der Waals surface area contributed by atoms with Gasteiger partial charge in [-0.25, -0.2) is 0 Å². The molecule has 1 aliphatic heterocycles. The zero-order valence-corrected chi connectivity index (χ0v) is 16.7. The number of piperidine rings is 1. The third-order valence-electron chi connectivity index (χ3n) is 3.83. The van der Waals surface area contributed by atoms with Crippen molar-refractivity contribution in [2.24, 2.45) is 5.73 Å². The molecule has 8 heteroatoms. The summed E-state index contributed by atoms with van der Waals surface area (Å²) in [6.45, 7) is 1.30. The van der Waals surface area contributed by atoms with E-state index >= 15 is 0 Å². The standard InChI is InChI=1S/C16H22Cl2N2O2S.ClH/c1-23-8-6-15(19)16(21)20-7-2-3-12(10-20)22-11-4-5-13(17)14(18)9-11;/h4-5,9,12,15H,2-3,6-8,10,19H2,1H3;1H/t12?,15-;/m0./s1. The van der Waals surface area contributed by atoms with Gasteiger partial charge in [-0.1, -0.05) is 23.2 Å². The van der Waals surface area contributed by atoms with Crippen LogP contribution >= 0.6 is 47.4 Å². The number of amides is 1. The summed E-state index contributed by atoms with van der Waals surface area (Å²) in [5.74, 6) is 1.58. The van der Waals surface area contributed by atoms with Crippen LogP contribution in [0.4, 0.5) is 0 Å². The first-order valence-corrected chi connectivity index (χ1v) is 9.81. The Hall–Kier alpha value is -0.330. The van der Waals surface area contributed by atoms with Crippen LogP contribution in [0, 0.1) is 0 Å². The van der Waals surface area contributed by atoms with Gasteiger partial charge in [0.1, 0.15) is 11.9 Å². The Morgan fingerprint density at radius 3 is 2.88 bits per heavy atom. The van der Waals surface area contributed by atoms with Crippen LogP contribution in [-0.4, -0.2) is 48.1 Å². The van der Waals surface area contributed by atoms with Gasteiger partial charge in [-0.3, -0.25) is 4.79 Å². The molecular weight excluding hydrogens is 391 g/mol. The van der Waals surface area contributed by atoms with E-state index in [2.05, 4.69) is 0 Å². The predicted molar refractivity (Wildman–Crippen MR) is 105 cm³/mol. The van der Waals surface area contributed by atoms with Crippen LogP contribution in [0.1, 0.15) is 19.3 Å². The Morgan fingerprint density at radius 2 is 2.21 bits per heavy atom. The Kier molecular flexibility index (Phi) is 9.60. The average Bonchev–Trinajstić information content (AvgIpc) is 2.55. The molecule has 2 rings (SSSR count). The van der Waals surface area contributed by atoms with Crippen molar-refractivity contribution in [2.45, 2.75) is 31.4 Å². The second-order valence-corrected chi connectivity index (χ2v) is 7.43. The maximum absolute atomic E-state index is 12.4. The third kappa shape index (κ3) is 6.19. The number of hydrogen-bond acceptors (Lipinski definition) is 4. The minimum atomic E-state index is -0.425. The molecule has 0 radical (unpaired) electrons. The van der Waals surface area contributed by atoms with E-state index in [-0.39, 0.29) is 24.4 Å². The fourth-order valence-electron chi connectivity index (χ4n) is 2.58. The smallest absolute Gasteiger partial charge is 0.239 e. The van der Waals surface area contributed by atoms with Gasteiger partial charge in [-0.15, -0.1) is 12.4 Å². The number of ether oxygens (including phenoxy) is 1. The molecule has 1 aromatic carbocycles. The summed E-state index contributed by atoms with van der Waals surface area (Å²) >= 11 is 13.6. The largest absolute Gasteiger partial charge is 0.489 e. The molecule has 1 heterocycles. The summed E-state index contributed by atoms with van der Waals surface area (Å²) in [4.78, 5) is 14.2. The number of hydrogen-bond donors (Lipinski definition) is 1. The molecule has 2 atom stereocenters. The summed E-state index contributed by atoms with van der Waals surface area (Å²) in [5.41, 5.74) is 5.99. The monoisotopic (exact) mass is 412 g/mol. The quantitative estimate of drug-likeness (QED) is 0.769. The van der Waals surface area contributed by atoms with Gasteiger partial charge in [0.05, 0.1) is 22.6 Å². The van der Waals surface area contributed by atoms with Crippen molar-refractivity contribution in [3.8, 4) is 5.75 Å². The number of carbonyl (C=O) groups excluding carboxylic acids is 1. The summed E-state index contributed by atoms with van der Waals surface area (Å²) in [7, 11) is 0. The number of halogens is 3. The lowest BCUT2D eigenvalue weighted by atomic mass is 10.1. The summed E-state index contributed by atoms with van der Waals surface area (Å²) in [6, 6.07) is 4.78. The second kappa shape index (κ2) is 10.6. The molecule has 0 aliphatic carbocycles. The van der Waals surface area contributed by atoms with E-state index in [0.29, 0.717) is 28.8 Å². The van der Waals surface area contributed by atoms with Crippen LogP contribution in [-0.2, 0) is 4.79 Å². The highest BCUT2D eigenvalue weighted by molar-refractivity contribution is 7.98. The predicted octanol–water partition coefficient (Wildman–Crippen LogP) is 3.87. The molecule has 1 amide bonds. The van der Waals surface area contributed by atoms with E-state index in [1.165, 1.54) is 0 Å². The molecule has 4 nitrogen and oxygen atoms in total. The highest BCUT2D eigenvalue weighted by Gasteiger charge is 2.27. The number of carbonyl (C=O) groups is 1. The van der Waals surface area contributed by atoms with Gasteiger partial charge in [-0.2, -0.15) is 11.8 Å². The maximum Gasteiger partial charge on any atom is 0.239 e. The van der Waals surface area contributed by atoms with Gasteiger partial charge in [0.2, 0.25) is 5.91 Å². The van der Waals surface area contributed by atoms with Gasteiger partial charge in [0.25, 0.3) is 0 Å². The fraction of sp³-hybridized carbons (Fsp3) is 0.562. The van der Waals surface area contributed by atoms with E-state index < -0.39 is 6.04 Å². The Bertz CT molecular complexity index is 548. The summed E-state index contributed by atoms with van der Waals surface area (Å²) < 4.78 is 5.95. The van der Waals surface area contributed by atoms with Gasteiger partial charge >= 0.3 is 0 Å². The summed E-state index contributed by atoms with van der Waals surface area (Å²) in [5, 5.41) is 0.964. The van der Waals surface area contributed by atoms with E-state index in [1.807, 2.05) is 11.2 Å². The van der Waals surface area contributed by atoms with Crippen LogP contribution in [0.5, 0.6) is 5.75 Å². The van der Waals surface area contributed by atoms with E-state index in [4.69, 9.17) is 33.7 Å². The molecule has 24 heavy (non-hydrogen) atoms. The van der Waals surface area contributed by atoms with Crippen LogP contribution in [0.25, 0.3) is 0 Å². The van der Waals surface area contributed by atoms with Gasteiger partial charge in [0.15, 0.2) is 0 Å². The number of benzene rings is 1. The van der Waals surface area contributed by atoms with Crippen molar-refractivity contribution < 1.29 is 9.53 Å². The lowest BCUT2D eigenvalue weighted by molar-refractivity contribution is -0.135. The Morgan fingerprint density at radius 1 is 1.46 bits per heavy atom. The molecule has 0 bridgehead atoms. The number of thioether (sulfide) groups is 1. The van der Waals surface area contributed by atoms with E-state index in [9.17, 15) is 4.79 Å². The molecule has 1 saturated heterocycles. The molecule has 0 saturated carbocycles. The van der Waals surface area contributed by atoms with Crippen molar-refractivity contribution in [3.05, 3.63) is 28.2 Å². The molecule has 2 N–H and O–H groups in total. The van der Waals surface area contributed by atoms with Gasteiger partial charge < -0.3 is 15.4 Å². The van der Waals surface area contributed by atoms with Crippen LogP contribution < -0.4 is 10.5 Å². The maximum atomic E-state index is 12.4. The summed E-state index contributed by atoms with van der Waals surface area (Å²) in [6.07, 6.45) is 4.49. The molecular formula is C16H23Cl3N2O2S. The first-order valence-electron chi connectivity index (χ1n) is 7.66. The molecule has 0 spiro atoms. The van der Waals surface area contributed by atoms with Gasteiger partial charge in [0, 0.05) is 12.6 Å². The van der Waals surface area contributed by atoms with E-state index in [1.54, 1.807) is 30.0 Å². The lowest BCUT2D eigenvalue weighted by Crippen LogP contribution is -2.50. The van der Waals surface area contributed by atoms with Crippen molar-refractivity contribution in [3.63, 3.8) is 0 Å².